The fourth-order valence-electron chi connectivity index (χ4n) is 4.15. The molecule has 0 aliphatic heterocycles. The quantitative estimate of drug-likeness (QED) is 0.216. The Morgan fingerprint density at radius 2 is 1.66 bits per heavy atom. The van der Waals surface area contributed by atoms with E-state index < -0.39 is 5.82 Å². The van der Waals surface area contributed by atoms with Gasteiger partial charge < -0.3 is 4.74 Å². The second-order valence-corrected chi connectivity index (χ2v) is 8.48. The minimum Gasteiger partial charge on any atom is -0.426 e. The smallest absolute Gasteiger partial charge is 0.314 e. The average Bonchev–Trinajstić information content (AvgIpc) is 2.80. The number of carbonyl (C=O) groups excluding carboxylic acids is 1. The molecule has 0 heterocycles. The van der Waals surface area contributed by atoms with Crippen molar-refractivity contribution >= 4 is 5.97 Å². The van der Waals surface area contributed by atoms with E-state index in [0.717, 1.165) is 42.7 Å². The summed E-state index contributed by atoms with van der Waals surface area (Å²) in [5.41, 5.74) is 1.97. The number of rotatable bonds is 6. The van der Waals surface area contributed by atoms with E-state index in [2.05, 4.69) is 30.6 Å². The summed E-state index contributed by atoms with van der Waals surface area (Å²) in [5.74, 6) is 11.8. The van der Waals surface area contributed by atoms with Crippen LogP contribution >= 0.6 is 0 Å². The molecule has 32 heavy (non-hydrogen) atoms. The number of hydrogen-bond acceptors (Lipinski definition) is 2. The van der Waals surface area contributed by atoms with Crippen LogP contribution in [0, 0.1) is 41.3 Å². The van der Waals surface area contributed by atoms with Crippen LogP contribution in [0.5, 0.6) is 5.75 Å². The third-order valence-electron chi connectivity index (χ3n) is 6.05. The molecule has 2 aromatic carbocycles. The van der Waals surface area contributed by atoms with Gasteiger partial charge in [0.1, 0.15) is 11.6 Å². The van der Waals surface area contributed by atoms with Crippen molar-refractivity contribution in [3.63, 3.8) is 0 Å². The maximum Gasteiger partial charge on any atom is 0.314 e. The Bertz CT molecular complexity index is 1020. The molecule has 2 aromatic rings. The number of ether oxygens (including phenoxy) is 1. The highest BCUT2D eigenvalue weighted by Gasteiger charge is 2.27. The third kappa shape index (κ3) is 7.00. The van der Waals surface area contributed by atoms with Gasteiger partial charge in [0.25, 0.3) is 0 Å². The number of halogens is 1. The van der Waals surface area contributed by atoms with Gasteiger partial charge in [-0.05, 0) is 74.9 Å². The van der Waals surface area contributed by atoms with Gasteiger partial charge in [0.05, 0.1) is 11.5 Å². The SMILES string of the molecule is CC#Cc1ccc(C#Cc2ccc(OC(=O)C3CCC(CCCCC)CC3)cc2F)cc1. The molecule has 1 aliphatic carbocycles. The highest BCUT2D eigenvalue weighted by molar-refractivity contribution is 5.75. The fraction of sp³-hybridized carbons (Fsp3) is 0.414. The van der Waals surface area contributed by atoms with Gasteiger partial charge in [-0.3, -0.25) is 4.79 Å². The van der Waals surface area contributed by atoms with Crippen LogP contribution in [0.25, 0.3) is 0 Å². The van der Waals surface area contributed by atoms with Crippen LogP contribution in [0.1, 0.15) is 81.9 Å². The second kappa shape index (κ2) is 12.1. The fourth-order valence-corrected chi connectivity index (χ4v) is 4.15. The van der Waals surface area contributed by atoms with Crippen LogP contribution in [0.15, 0.2) is 42.5 Å². The largest absolute Gasteiger partial charge is 0.426 e. The zero-order chi connectivity index (χ0) is 22.8. The van der Waals surface area contributed by atoms with Crippen LogP contribution in [0.3, 0.4) is 0 Å². The van der Waals surface area contributed by atoms with Crippen molar-refractivity contribution < 1.29 is 13.9 Å². The molecule has 2 nitrogen and oxygen atoms in total. The molecule has 3 heteroatoms. The van der Waals surface area contributed by atoms with E-state index >= 15 is 0 Å². The van der Waals surface area contributed by atoms with Crippen LogP contribution < -0.4 is 4.74 Å². The molecule has 1 aliphatic rings. The molecule has 0 unspecified atom stereocenters. The molecule has 0 atom stereocenters. The first-order valence-corrected chi connectivity index (χ1v) is 11.6. The van der Waals surface area contributed by atoms with Crippen LogP contribution in [-0.4, -0.2) is 5.97 Å². The summed E-state index contributed by atoms with van der Waals surface area (Å²) in [6.45, 7) is 4.01. The van der Waals surface area contributed by atoms with E-state index in [9.17, 15) is 9.18 Å². The van der Waals surface area contributed by atoms with E-state index in [0.29, 0.717) is 0 Å². The Hall–Kier alpha value is -3.04. The summed E-state index contributed by atoms with van der Waals surface area (Å²) >= 11 is 0. The number of hydrogen-bond donors (Lipinski definition) is 0. The van der Waals surface area contributed by atoms with Crippen molar-refractivity contribution in [3.05, 3.63) is 65.0 Å². The highest BCUT2D eigenvalue weighted by atomic mass is 19.1. The Labute approximate surface area is 191 Å². The van der Waals surface area contributed by atoms with Gasteiger partial charge in [-0.1, -0.05) is 50.4 Å². The van der Waals surface area contributed by atoms with Gasteiger partial charge >= 0.3 is 5.97 Å². The van der Waals surface area contributed by atoms with Gasteiger partial charge in [-0.15, -0.1) is 5.92 Å². The third-order valence-corrected chi connectivity index (χ3v) is 6.05. The molecule has 1 fully saturated rings. The topological polar surface area (TPSA) is 26.3 Å². The van der Waals surface area contributed by atoms with Gasteiger partial charge in [-0.25, -0.2) is 4.39 Å². The molecule has 166 valence electrons. The molecule has 1 saturated carbocycles. The molecule has 0 amide bonds. The lowest BCUT2D eigenvalue weighted by Crippen LogP contribution is -2.25. The second-order valence-electron chi connectivity index (χ2n) is 8.48. The van der Waals surface area contributed by atoms with Crippen molar-refractivity contribution in [2.75, 3.05) is 0 Å². The van der Waals surface area contributed by atoms with Gasteiger partial charge in [0.15, 0.2) is 0 Å². The van der Waals surface area contributed by atoms with Crippen molar-refractivity contribution in [1.29, 1.82) is 0 Å². The lowest BCUT2D eigenvalue weighted by molar-refractivity contribution is -0.140. The predicted molar refractivity (Wildman–Crippen MR) is 127 cm³/mol. The summed E-state index contributed by atoms with van der Waals surface area (Å²) in [4.78, 5) is 12.5. The van der Waals surface area contributed by atoms with Crippen molar-refractivity contribution in [2.45, 2.75) is 65.2 Å². The zero-order valence-corrected chi connectivity index (χ0v) is 19.0. The maximum absolute atomic E-state index is 14.5. The van der Waals surface area contributed by atoms with E-state index in [4.69, 9.17) is 4.74 Å². The first kappa shape index (κ1) is 23.6. The molecule has 0 radical (unpaired) electrons. The van der Waals surface area contributed by atoms with Crippen LogP contribution in [0.2, 0.25) is 0 Å². The maximum atomic E-state index is 14.5. The Balaban J connectivity index is 1.54. The van der Waals surface area contributed by atoms with Crippen molar-refractivity contribution in [2.24, 2.45) is 11.8 Å². The number of unbranched alkanes of at least 4 members (excludes halogenated alkanes) is 2. The molecular weight excluding hydrogens is 399 g/mol. The number of benzene rings is 2. The summed E-state index contributed by atoms with van der Waals surface area (Å²) in [6, 6.07) is 11.9. The molecule has 0 spiro atoms. The molecule has 0 aromatic heterocycles. The van der Waals surface area contributed by atoms with E-state index in [1.807, 2.05) is 24.3 Å². The predicted octanol–water partition coefficient (Wildman–Crippen LogP) is 6.89. The number of carbonyl (C=O) groups is 1. The minimum absolute atomic E-state index is 0.0830. The van der Waals surface area contributed by atoms with Crippen molar-refractivity contribution in [3.8, 4) is 29.4 Å². The zero-order valence-electron chi connectivity index (χ0n) is 19.0. The Morgan fingerprint density at radius 1 is 0.969 bits per heavy atom. The number of esters is 1. The van der Waals surface area contributed by atoms with Gasteiger partial charge in [0.2, 0.25) is 0 Å². The average molecular weight is 431 g/mol. The summed E-state index contributed by atoms with van der Waals surface area (Å²) in [7, 11) is 0. The molecule has 0 N–H and O–H groups in total. The monoisotopic (exact) mass is 430 g/mol. The summed E-state index contributed by atoms with van der Waals surface area (Å²) in [5, 5.41) is 0. The first-order chi connectivity index (χ1) is 15.6. The summed E-state index contributed by atoms with van der Waals surface area (Å²) < 4.78 is 20.0. The lowest BCUT2D eigenvalue weighted by atomic mass is 9.80. The van der Waals surface area contributed by atoms with E-state index in [1.54, 1.807) is 19.1 Å². The van der Waals surface area contributed by atoms with Crippen molar-refractivity contribution in [1.82, 2.24) is 0 Å². The molecular formula is C29H31FO2. The summed E-state index contributed by atoms with van der Waals surface area (Å²) in [6.07, 6.45) is 8.97. The lowest BCUT2D eigenvalue weighted by Gasteiger charge is -2.27. The Kier molecular flexibility index (Phi) is 8.94. The molecule has 3 rings (SSSR count). The van der Waals surface area contributed by atoms with Gasteiger partial charge in [-0.2, -0.15) is 0 Å². The molecule has 0 saturated heterocycles. The van der Waals surface area contributed by atoms with Gasteiger partial charge in [0, 0.05) is 17.2 Å². The van der Waals surface area contributed by atoms with Crippen LogP contribution in [0.4, 0.5) is 4.39 Å². The minimum atomic E-state index is -0.490. The molecule has 0 bridgehead atoms. The Morgan fingerprint density at radius 3 is 2.28 bits per heavy atom. The highest BCUT2D eigenvalue weighted by Crippen LogP contribution is 2.33. The van der Waals surface area contributed by atoms with E-state index in [1.165, 1.54) is 31.7 Å². The van der Waals surface area contributed by atoms with Crippen LogP contribution in [-0.2, 0) is 4.79 Å². The van der Waals surface area contributed by atoms with E-state index in [-0.39, 0.29) is 23.2 Å². The first-order valence-electron chi connectivity index (χ1n) is 11.6. The normalized spacial score (nSPS) is 17.5. The standard InChI is InChI=1S/C29H31FO2/c1-3-5-6-8-23-14-17-26(18-15-23)29(31)32-27-20-19-25(28(30)21-27)16-13-24-11-9-22(7-4-2)10-12-24/h9-12,19-21,23,26H,3,5-6,8,14-15,17-18H2,1-2H3.